The van der Waals surface area contributed by atoms with Gasteiger partial charge in [-0.05, 0) is 39.2 Å². The first-order valence-electron chi connectivity index (χ1n) is 12.6. The van der Waals surface area contributed by atoms with Crippen molar-refractivity contribution in [3.05, 3.63) is 71.9 Å². The Hall–Kier alpha value is -2.90. The highest BCUT2D eigenvalue weighted by molar-refractivity contribution is 5.82. The van der Waals surface area contributed by atoms with Crippen molar-refractivity contribution in [1.29, 1.82) is 0 Å². The van der Waals surface area contributed by atoms with E-state index in [0.29, 0.717) is 18.8 Å². The second kappa shape index (κ2) is 14.6. The molecule has 1 amide bonds. The molecule has 3 N–H and O–H groups in total. The molecule has 0 aromatic heterocycles. The molecule has 2 unspecified atom stereocenters. The number of hydrogen-bond donors (Lipinski definition) is 3. The van der Waals surface area contributed by atoms with Crippen LogP contribution < -0.4 is 5.32 Å². The van der Waals surface area contributed by atoms with Crippen LogP contribution >= 0.6 is 0 Å². The van der Waals surface area contributed by atoms with Gasteiger partial charge in [0.2, 0.25) is 0 Å². The fraction of sp³-hybridized carbons (Fsp3) is 0.517. The number of carbonyl (C=O) groups excluding carboxylic acids is 1. The molecule has 7 nitrogen and oxygen atoms in total. The SMILES string of the molecule is C/C=C/[C@@H]1O[C@H](C(/C=C/C=C(\C)CC(C)/C=C(C)\C=C\[C@H]2CC=CC(=O)O2)NC(=O)O)C[C@@H](O)[C@@H]1C. The standard InChI is InChI=1S/C29H41NO6/c1-6-9-26-22(5)25(31)18-27(36-26)24(30-29(33)34)12-7-10-19(2)16-21(4)17-20(3)14-15-23-11-8-13-28(32)35-23/h6-10,12-15,17,21-27,30-31H,11,16,18H2,1-5H3,(H,33,34)/b9-6+,12-7+,15-14+,19-10+,20-17-/t21?,22-,23+,24?,25+,26-,27-/m0/s1. The van der Waals surface area contributed by atoms with Crippen LogP contribution in [0.3, 0.4) is 0 Å². The van der Waals surface area contributed by atoms with E-state index in [-0.39, 0.29) is 24.1 Å². The number of ether oxygens (including phenoxy) is 2. The van der Waals surface area contributed by atoms with Crippen LogP contribution in [0.5, 0.6) is 0 Å². The van der Waals surface area contributed by atoms with Crippen LogP contribution in [0.25, 0.3) is 0 Å². The maximum atomic E-state index is 11.4. The van der Waals surface area contributed by atoms with E-state index in [1.807, 2.05) is 70.2 Å². The van der Waals surface area contributed by atoms with Crippen molar-refractivity contribution in [2.75, 3.05) is 0 Å². The van der Waals surface area contributed by atoms with Gasteiger partial charge in [-0.3, -0.25) is 0 Å². The van der Waals surface area contributed by atoms with E-state index in [1.165, 1.54) is 6.08 Å². The zero-order chi connectivity index (χ0) is 26.7. The Morgan fingerprint density at radius 3 is 2.72 bits per heavy atom. The highest BCUT2D eigenvalue weighted by Gasteiger charge is 2.37. The average Bonchev–Trinajstić information content (AvgIpc) is 2.79. The molecule has 1 fully saturated rings. The number of allylic oxidation sites excluding steroid dienone is 7. The highest BCUT2D eigenvalue weighted by Crippen LogP contribution is 2.28. The molecule has 0 aliphatic carbocycles. The molecular formula is C29H41NO6. The smallest absolute Gasteiger partial charge is 0.405 e. The van der Waals surface area contributed by atoms with Gasteiger partial charge in [-0.1, -0.05) is 73.6 Å². The number of hydrogen-bond acceptors (Lipinski definition) is 5. The van der Waals surface area contributed by atoms with Crippen molar-refractivity contribution >= 4 is 12.1 Å². The molecule has 7 heteroatoms. The first-order valence-corrected chi connectivity index (χ1v) is 12.6. The molecule has 0 aromatic rings. The predicted octanol–water partition coefficient (Wildman–Crippen LogP) is 5.26. The Balaban J connectivity index is 1.98. The van der Waals surface area contributed by atoms with Gasteiger partial charge in [0.1, 0.15) is 6.10 Å². The van der Waals surface area contributed by atoms with Gasteiger partial charge in [0.05, 0.1) is 24.4 Å². The van der Waals surface area contributed by atoms with Gasteiger partial charge >= 0.3 is 12.1 Å². The highest BCUT2D eigenvalue weighted by atomic mass is 16.5. The fourth-order valence-electron chi connectivity index (χ4n) is 4.49. The molecule has 0 spiro atoms. The van der Waals surface area contributed by atoms with E-state index in [9.17, 15) is 19.8 Å². The minimum Gasteiger partial charge on any atom is -0.465 e. The number of aliphatic hydroxyl groups excluding tert-OH is 1. The molecule has 0 bridgehead atoms. The Morgan fingerprint density at radius 1 is 1.31 bits per heavy atom. The van der Waals surface area contributed by atoms with E-state index >= 15 is 0 Å². The molecule has 198 valence electrons. The molecule has 2 aliphatic heterocycles. The van der Waals surface area contributed by atoms with Crippen LogP contribution in [-0.4, -0.2) is 52.7 Å². The second-order valence-electron chi connectivity index (χ2n) is 9.76. The van der Waals surface area contributed by atoms with Crippen LogP contribution in [-0.2, 0) is 14.3 Å². The fourth-order valence-corrected chi connectivity index (χ4v) is 4.49. The van der Waals surface area contributed by atoms with Crippen LogP contribution in [0.1, 0.15) is 53.9 Å². The maximum absolute atomic E-state index is 11.4. The summed E-state index contributed by atoms with van der Waals surface area (Å²) in [4.78, 5) is 22.7. The normalized spacial score (nSPS) is 29.6. The van der Waals surface area contributed by atoms with Crippen molar-refractivity contribution < 1.29 is 29.3 Å². The van der Waals surface area contributed by atoms with Gasteiger partial charge in [0.15, 0.2) is 0 Å². The summed E-state index contributed by atoms with van der Waals surface area (Å²) in [6, 6.07) is -0.574. The Morgan fingerprint density at radius 2 is 2.06 bits per heavy atom. The van der Waals surface area contributed by atoms with Gasteiger partial charge in [0.25, 0.3) is 0 Å². The van der Waals surface area contributed by atoms with Crippen molar-refractivity contribution in [3.8, 4) is 0 Å². The zero-order valence-corrected chi connectivity index (χ0v) is 22.0. The molecule has 0 radical (unpaired) electrons. The number of rotatable bonds is 10. The van der Waals surface area contributed by atoms with Gasteiger partial charge < -0.3 is 25.0 Å². The largest absolute Gasteiger partial charge is 0.465 e. The van der Waals surface area contributed by atoms with E-state index in [4.69, 9.17) is 9.47 Å². The summed E-state index contributed by atoms with van der Waals surface area (Å²) in [5.74, 6) is -0.0729. The number of carboxylic acid groups (broad SMARTS) is 1. The van der Waals surface area contributed by atoms with E-state index < -0.39 is 24.3 Å². The van der Waals surface area contributed by atoms with Crippen molar-refractivity contribution in [3.63, 3.8) is 0 Å². The number of cyclic esters (lactones) is 1. The first-order chi connectivity index (χ1) is 17.1. The summed E-state index contributed by atoms with van der Waals surface area (Å²) in [6.45, 7) is 10.0. The lowest BCUT2D eigenvalue weighted by atomic mass is 9.87. The van der Waals surface area contributed by atoms with E-state index in [0.717, 1.165) is 17.6 Å². The zero-order valence-electron chi connectivity index (χ0n) is 22.0. The third kappa shape index (κ3) is 9.99. The van der Waals surface area contributed by atoms with Crippen LogP contribution in [0.15, 0.2) is 71.9 Å². The summed E-state index contributed by atoms with van der Waals surface area (Å²) in [5, 5.41) is 22.3. The number of aliphatic hydroxyl groups is 1. The summed E-state index contributed by atoms with van der Waals surface area (Å²) in [5.41, 5.74) is 2.25. The Labute approximate surface area is 214 Å². The topological polar surface area (TPSA) is 105 Å². The first kappa shape index (κ1) is 29.3. The monoisotopic (exact) mass is 499 g/mol. The van der Waals surface area contributed by atoms with Gasteiger partial charge in [-0.15, -0.1) is 0 Å². The van der Waals surface area contributed by atoms with Crippen molar-refractivity contribution in [2.24, 2.45) is 11.8 Å². The molecule has 2 aliphatic rings. The number of amides is 1. The summed E-state index contributed by atoms with van der Waals surface area (Å²) < 4.78 is 11.4. The van der Waals surface area contributed by atoms with Gasteiger partial charge in [-0.25, -0.2) is 9.59 Å². The number of esters is 1. The third-order valence-corrected chi connectivity index (χ3v) is 6.36. The minimum absolute atomic E-state index is 0.0589. The molecule has 0 saturated carbocycles. The summed E-state index contributed by atoms with van der Waals surface area (Å²) in [6.07, 6.45) is 18.0. The van der Waals surface area contributed by atoms with Crippen LogP contribution in [0.2, 0.25) is 0 Å². The lowest BCUT2D eigenvalue weighted by molar-refractivity contribution is -0.141. The average molecular weight is 500 g/mol. The van der Waals surface area contributed by atoms with Crippen LogP contribution in [0, 0.1) is 11.8 Å². The third-order valence-electron chi connectivity index (χ3n) is 6.36. The maximum Gasteiger partial charge on any atom is 0.405 e. The molecule has 36 heavy (non-hydrogen) atoms. The molecule has 0 aromatic carbocycles. The lowest BCUT2D eigenvalue weighted by Crippen LogP contribution is -2.51. The molecule has 1 saturated heterocycles. The Kier molecular flexibility index (Phi) is 11.9. The van der Waals surface area contributed by atoms with Gasteiger partial charge in [-0.2, -0.15) is 0 Å². The molecular weight excluding hydrogens is 458 g/mol. The van der Waals surface area contributed by atoms with Crippen molar-refractivity contribution in [2.45, 2.75) is 84.3 Å². The summed E-state index contributed by atoms with van der Waals surface area (Å²) >= 11 is 0. The number of carbonyl (C=O) groups is 2. The predicted molar refractivity (Wildman–Crippen MR) is 141 cm³/mol. The lowest BCUT2D eigenvalue weighted by Gasteiger charge is -2.39. The van der Waals surface area contributed by atoms with Crippen LogP contribution in [0.4, 0.5) is 4.79 Å². The Bertz CT molecular complexity index is 928. The van der Waals surface area contributed by atoms with E-state index in [2.05, 4.69) is 18.3 Å². The molecule has 2 rings (SSSR count). The van der Waals surface area contributed by atoms with E-state index in [1.54, 1.807) is 6.08 Å². The number of nitrogens with one attached hydrogen (secondary N) is 1. The van der Waals surface area contributed by atoms with Crippen molar-refractivity contribution in [1.82, 2.24) is 5.32 Å². The minimum atomic E-state index is -1.13. The quantitative estimate of drug-likeness (QED) is 0.215. The second-order valence-corrected chi connectivity index (χ2v) is 9.76. The van der Waals surface area contributed by atoms with Gasteiger partial charge in [0, 0.05) is 24.8 Å². The summed E-state index contributed by atoms with van der Waals surface area (Å²) in [7, 11) is 0. The molecule has 7 atom stereocenters. The molecule has 2 heterocycles.